The fourth-order valence-electron chi connectivity index (χ4n) is 2.83. The molecular formula is C20H24N2O2S. The molecule has 25 heavy (non-hydrogen) atoms. The van der Waals surface area contributed by atoms with Gasteiger partial charge < -0.3 is 10.1 Å². The summed E-state index contributed by atoms with van der Waals surface area (Å²) in [4.78, 5) is 16.8. The SMILES string of the molecule is Cc1ccc(/C=C/C(=O)NCc2ccccc2CN2CCOCC2)s1. The minimum absolute atomic E-state index is 0.0628. The molecule has 1 saturated heterocycles. The van der Waals surface area contributed by atoms with E-state index in [0.29, 0.717) is 6.54 Å². The average molecular weight is 356 g/mol. The van der Waals surface area contributed by atoms with E-state index in [0.717, 1.165) is 37.7 Å². The number of carbonyl (C=O) groups is 1. The zero-order valence-electron chi connectivity index (χ0n) is 14.5. The van der Waals surface area contributed by atoms with Crippen molar-refractivity contribution in [2.75, 3.05) is 26.3 Å². The number of hydrogen-bond acceptors (Lipinski definition) is 4. The molecule has 2 heterocycles. The lowest BCUT2D eigenvalue weighted by Gasteiger charge is -2.27. The minimum Gasteiger partial charge on any atom is -0.379 e. The Morgan fingerprint density at radius 3 is 2.68 bits per heavy atom. The predicted octanol–water partition coefficient (Wildman–Crippen LogP) is 3.22. The zero-order chi connectivity index (χ0) is 17.5. The van der Waals surface area contributed by atoms with Crippen LogP contribution in [0.25, 0.3) is 6.08 Å². The predicted molar refractivity (Wildman–Crippen MR) is 102 cm³/mol. The van der Waals surface area contributed by atoms with Crippen molar-refractivity contribution >= 4 is 23.3 Å². The third-order valence-electron chi connectivity index (χ3n) is 4.23. The van der Waals surface area contributed by atoms with E-state index in [9.17, 15) is 4.79 Å². The van der Waals surface area contributed by atoms with E-state index >= 15 is 0 Å². The van der Waals surface area contributed by atoms with Gasteiger partial charge in [0.1, 0.15) is 0 Å². The van der Waals surface area contributed by atoms with E-state index in [2.05, 4.69) is 41.4 Å². The maximum absolute atomic E-state index is 12.1. The second kappa shape index (κ2) is 8.94. The Morgan fingerprint density at radius 1 is 1.20 bits per heavy atom. The smallest absolute Gasteiger partial charge is 0.244 e. The molecule has 132 valence electrons. The molecule has 4 nitrogen and oxygen atoms in total. The van der Waals surface area contributed by atoms with Gasteiger partial charge in [-0.3, -0.25) is 9.69 Å². The van der Waals surface area contributed by atoms with E-state index in [-0.39, 0.29) is 5.91 Å². The van der Waals surface area contributed by atoms with Gasteiger partial charge in [-0.2, -0.15) is 0 Å². The third-order valence-corrected chi connectivity index (χ3v) is 5.20. The fraction of sp³-hybridized carbons (Fsp3) is 0.350. The number of amides is 1. The summed E-state index contributed by atoms with van der Waals surface area (Å²) >= 11 is 1.68. The highest BCUT2D eigenvalue weighted by molar-refractivity contribution is 7.12. The summed E-state index contributed by atoms with van der Waals surface area (Å²) < 4.78 is 5.41. The summed E-state index contributed by atoms with van der Waals surface area (Å²) in [5.74, 6) is -0.0628. The molecule has 0 radical (unpaired) electrons. The molecule has 5 heteroatoms. The summed E-state index contributed by atoms with van der Waals surface area (Å²) in [5, 5.41) is 2.99. The van der Waals surface area contributed by atoms with Gasteiger partial charge >= 0.3 is 0 Å². The van der Waals surface area contributed by atoms with Crippen molar-refractivity contribution in [1.29, 1.82) is 0 Å². The van der Waals surface area contributed by atoms with Crippen LogP contribution in [0.3, 0.4) is 0 Å². The quantitative estimate of drug-likeness (QED) is 0.808. The Morgan fingerprint density at radius 2 is 1.96 bits per heavy atom. The maximum atomic E-state index is 12.1. The number of rotatable bonds is 6. The van der Waals surface area contributed by atoms with Crippen molar-refractivity contribution in [3.05, 3.63) is 63.4 Å². The van der Waals surface area contributed by atoms with Crippen molar-refractivity contribution in [3.8, 4) is 0 Å². The summed E-state index contributed by atoms with van der Waals surface area (Å²) in [7, 11) is 0. The van der Waals surface area contributed by atoms with Crippen LogP contribution in [0, 0.1) is 6.92 Å². The molecule has 1 aromatic heterocycles. The molecule has 0 spiro atoms. The van der Waals surface area contributed by atoms with Gasteiger partial charge in [-0.25, -0.2) is 0 Å². The van der Waals surface area contributed by atoms with Crippen LogP contribution < -0.4 is 5.32 Å². The number of nitrogens with zero attached hydrogens (tertiary/aromatic N) is 1. The molecule has 2 aromatic rings. The van der Waals surface area contributed by atoms with Crippen molar-refractivity contribution in [1.82, 2.24) is 10.2 Å². The summed E-state index contributed by atoms with van der Waals surface area (Å²) in [6, 6.07) is 12.4. The van der Waals surface area contributed by atoms with Crippen molar-refractivity contribution < 1.29 is 9.53 Å². The second-order valence-electron chi connectivity index (χ2n) is 6.16. The van der Waals surface area contributed by atoms with E-state index < -0.39 is 0 Å². The Hall–Kier alpha value is -1.95. The van der Waals surface area contributed by atoms with Crippen LogP contribution in [-0.2, 0) is 22.6 Å². The van der Waals surface area contributed by atoms with Crippen LogP contribution in [0.1, 0.15) is 20.9 Å². The molecule has 1 N–H and O–H groups in total. The molecule has 0 bridgehead atoms. The highest BCUT2D eigenvalue weighted by Crippen LogP contribution is 2.16. The molecule has 1 amide bonds. The Bertz CT molecular complexity index is 733. The lowest BCUT2D eigenvalue weighted by molar-refractivity contribution is -0.116. The Kier molecular flexibility index (Phi) is 6.39. The van der Waals surface area contributed by atoms with Crippen LogP contribution >= 0.6 is 11.3 Å². The van der Waals surface area contributed by atoms with Gasteiger partial charge in [0.2, 0.25) is 5.91 Å². The number of ether oxygens (including phenoxy) is 1. The first kappa shape index (κ1) is 17.9. The molecule has 1 aliphatic rings. The number of hydrogen-bond donors (Lipinski definition) is 1. The molecule has 1 fully saturated rings. The number of morpholine rings is 1. The fourth-order valence-corrected chi connectivity index (χ4v) is 3.61. The molecule has 1 aliphatic heterocycles. The standard InChI is InChI=1S/C20H24N2O2S/c1-16-6-7-19(25-16)8-9-20(23)21-14-17-4-2-3-5-18(17)15-22-10-12-24-13-11-22/h2-9H,10-15H2,1H3,(H,21,23)/b9-8+. The highest BCUT2D eigenvalue weighted by atomic mass is 32.1. The number of carbonyl (C=O) groups excluding carboxylic acids is 1. The molecule has 0 atom stereocenters. The lowest BCUT2D eigenvalue weighted by atomic mass is 10.1. The highest BCUT2D eigenvalue weighted by Gasteiger charge is 2.12. The topological polar surface area (TPSA) is 41.6 Å². The Labute approximate surface area is 153 Å². The number of aryl methyl sites for hydroxylation is 1. The molecule has 0 aliphatic carbocycles. The van der Waals surface area contributed by atoms with Gasteiger partial charge in [0.05, 0.1) is 13.2 Å². The summed E-state index contributed by atoms with van der Waals surface area (Å²) in [6.07, 6.45) is 3.47. The van der Waals surface area contributed by atoms with E-state index in [1.54, 1.807) is 17.4 Å². The van der Waals surface area contributed by atoms with Crippen LogP contribution in [0.5, 0.6) is 0 Å². The Balaban J connectivity index is 1.55. The monoisotopic (exact) mass is 356 g/mol. The number of thiophene rings is 1. The maximum Gasteiger partial charge on any atom is 0.244 e. The number of benzene rings is 1. The molecule has 1 aromatic carbocycles. The van der Waals surface area contributed by atoms with Gasteiger partial charge in [0, 0.05) is 42.0 Å². The minimum atomic E-state index is -0.0628. The van der Waals surface area contributed by atoms with Gasteiger partial charge in [0.15, 0.2) is 0 Å². The first-order chi connectivity index (χ1) is 12.2. The largest absolute Gasteiger partial charge is 0.379 e. The summed E-state index contributed by atoms with van der Waals surface area (Å²) in [5.41, 5.74) is 2.44. The lowest BCUT2D eigenvalue weighted by Crippen LogP contribution is -2.36. The first-order valence-corrected chi connectivity index (χ1v) is 9.41. The van der Waals surface area contributed by atoms with E-state index in [1.165, 1.54) is 16.0 Å². The van der Waals surface area contributed by atoms with E-state index in [1.807, 2.05) is 18.2 Å². The molecule has 0 saturated carbocycles. The van der Waals surface area contributed by atoms with Gasteiger partial charge in [-0.15, -0.1) is 11.3 Å². The molecule has 3 rings (SSSR count). The number of nitrogens with one attached hydrogen (secondary N) is 1. The van der Waals surface area contributed by atoms with Crippen LogP contribution in [0.2, 0.25) is 0 Å². The van der Waals surface area contributed by atoms with Crippen molar-refractivity contribution in [2.45, 2.75) is 20.0 Å². The van der Waals surface area contributed by atoms with Crippen LogP contribution in [0.15, 0.2) is 42.5 Å². The zero-order valence-corrected chi connectivity index (χ0v) is 15.3. The van der Waals surface area contributed by atoms with Gasteiger partial charge in [-0.05, 0) is 36.3 Å². The van der Waals surface area contributed by atoms with E-state index in [4.69, 9.17) is 4.74 Å². The average Bonchev–Trinajstić information content (AvgIpc) is 3.05. The van der Waals surface area contributed by atoms with Gasteiger partial charge in [-0.1, -0.05) is 24.3 Å². The van der Waals surface area contributed by atoms with Crippen molar-refractivity contribution in [2.24, 2.45) is 0 Å². The summed E-state index contributed by atoms with van der Waals surface area (Å²) in [6.45, 7) is 7.03. The molecule has 0 unspecified atom stereocenters. The van der Waals surface area contributed by atoms with Crippen LogP contribution in [0.4, 0.5) is 0 Å². The second-order valence-corrected chi connectivity index (χ2v) is 7.48. The third kappa shape index (κ3) is 5.53. The first-order valence-electron chi connectivity index (χ1n) is 8.60. The molecular weight excluding hydrogens is 332 g/mol. The van der Waals surface area contributed by atoms with Crippen molar-refractivity contribution in [3.63, 3.8) is 0 Å². The van der Waals surface area contributed by atoms with Gasteiger partial charge in [0.25, 0.3) is 0 Å². The normalized spacial score (nSPS) is 15.6. The van der Waals surface area contributed by atoms with Crippen LogP contribution in [-0.4, -0.2) is 37.1 Å².